The molecule has 0 spiro atoms. The van der Waals surface area contributed by atoms with E-state index in [9.17, 15) is 29.2 Å². The number of amides is 5. The summed E-state index contributed by atoms with van der Waals surface area (Å²) in [4.78, 5) is 81.2. The minimum absolute atomic E-state index is 0.00159. The SMILES string of the molecule is CCC(CC)Cc1ccc(-c2nc(C)c(C(=O)NC(CCN)C(=O)N(C)[C@@H]3C(=O)N[C@@H](C)C(=O)N[C@H](C(=O)NCC#N)Cc4ccc(OCCN)c(c4)-c4cc3ccc4OCCN)c(C)n2)cc1. The summed E-state index contributed by atoms with van der Waals surface area (Å²) in [5.41, 5.74) is 22.7. The number of rotatable bonds is 19. The van der Waals surface area contributed by atoms with E-state index in [2.05, 4.69) is 47.2 Å². The average Bonchev–Trinajstić information content (AvgIpc) is 3.32. The van der Waals surface area contributed by atoms with Gasteiger partial charge in [0.2, 0.25) is 23.6 Å². The molecule has 4 aromatic rings. The predicted molar refractivity (Wildman–Crippen MR) is 258 cm³/mol. The van der Waals surface area contributed by atoms with Gasteiger partial charge in [-0.1, -0.05) is 63.1 Å². The fraction of sp³-hybridized carbons (Fsp3) is 0.440. The fourth-order valence-corrected chi connectivity index (χ4v) is 8.23. The van der Waals surface area contributed by atoms with Crippen LogP contribution in [-0.2, 0) is 32.0 Å². The van der Waals surface area contributed by atoms with Gasteiger partial charge in [-0.3, -0.25) is 24.0 Å². The van der Waals surface area contributed by atoms with E-state index < -0.39 is 53.7 Å². The molecule has 0 saturated heterocycles. The van der Waals surface area contributed by atoms with Gasteiger partial charge in [0.1, 0.15) is 55.4 Å². The van der Waals surface area contributed by atoms with Gasteiger partial charge in [0.05, 0.1) is 23.0 Å². The van der Waals surface area contributed by atoms with Gasteiger partial charge in [-0.05, 0) is 87.0 Å². The molecule has 0 radical (unpaired) electrons. The van der Waals surface area contributed by atoms with Crippen LogP contribution in [0.3, 0.4) is 0 Å². The molecule has 18 nitrogen and oxygen atoms in total. The van der Waals surface area contributed by atoms with Crippen LogP contribution in [0.5, 0.6) is 11.5 Å². The van der Waals surface area contributed by atoms with Gasteiger partial charge in [0.15, 0.2) is 5.82 Å². The summed E-state index contributed by atoms with van der Waals surface area (Å²) in [7, 11) is 1.42. The Morgan fingerprint density at radius 3 is 2.07 bits per heavy atom. The minimum Gasteiger partial charge on any atom is -0.492 e. The van der Waals surface area contributed by atoms with E-state index in [1.54, 1.807) is 50.2 Å². The summed E-state index contributed by atoms with van der Waals surface area (Å²) in [5.74, 6) is -1.49. The Bertz CT molecular complexity index is 2450. The second-order valence-electron chi connectivity index (χ2n) is 16.9. The zero-order chi connectivity index (χ0) is 49.5. The van der Waals surface area contributed by atoms with E-state index in [-0.39, 0.29) is 57.8 Å². The number of likely N-dealkylation sites (N-methyl/N-ethyl adjacent to an activating group) is 1. The third kappa shape index (κ3) is 12.9. The van der Waals surface area contributed by atoms with Crippen molar-refractivity contribution < 1.29 is 33.4 Å². The number of nitrogens with two attached hydrogens (primary N) is 3. The maximum absolute atomic E-state index is 14.8. The first kappa shape index (κ1) is 52.0. The molecular formula is C50H65N11O7. The first-order chi connectivity index (χ1) is 32.7. The molecular weight excluding hydrogens is 867 g/mol. The van der Waals surface area contributed by atoms with E-state index in [1.807, 2.05) is 18.2 Å². The van der Waals surface area contributed by atoms with Crippen LogP contribution in [0, 0.1) is 31.1 Å². The molecule has 2 heterocycles. The molecule has 4 atom stereocenters. The topological polar surface area (TPSA) is 283 Å². The lowest BCUT2D eigenvalue weighted by Gasteiger charge is -2.32. The summed E-state index contributed by atoms with van der Waals surface area (Å²) in [6.07, 6.45) is 3.19. The monoisotopic (exact) mass is 932 g/mol. The normalized spacial score (nSPS) is 16.3. The molecule has 68 heavy (non-hydrogen) atoms. The third-order valence-corrected chi connectivity index (χ3v) is 12.0. The molecule has 0 aliphatic carbocycles. The largest absolute Gasteiger partial charge is 0.492 e. The van der Waals surface area contributed by atoms with Crippen molar-refractivity contribution in [3.8, 4) is 40.1 Å². The number of hydrogen-bond donors (Lipinski definition) is 7. The van der Waals surface area contributed by atoms with Crippen LogP contribution in [0.15, 0.2) is 60.7 Å². The van der Waals surface area contributed by atoms with Gasteiger partial charge in [0.25, 0.3) is 5.91 Å². The van der Waals surface area contributed by atoms with Crippen molar-refractivity contribution in [2.45, 2.75) is 90.9 Å². The second-order valence-corrected chi connectivity index (χ2v) is 16.9. The second kappa shape index (κ2) is 24.7. The summed E-state index contributed by atoms with van der Waals surface area (Å²) < 4.78 is 12.2. The summed E-state index contributed by atoms with van der Waals surface area (Å²) in [6, 6.07) is 15.2. The summed E-state index contributed by atoms with van der Waals surface area (Å²) >= 11 is 0. The van der Waals surface area contributed by atoms with Gasteiger partial charge < -0.3 is 52.8 Å². The molecule has 5 rings (SSSR count). The number of benzene rings is 3. The Labute approximate surface area is 398 Å². The molecule has 3 aromatic carbocycles. The first-order valence-corrected chi connectivity index (χ1v) is 23.1. The predicted octanol–water partition coefficient (Wildman–Crippen LogP) is 2.91. The lowest BCUT2D eigenvalue weighted by molar-refractivity contribution is -0.141. The first-order valence-electron chi connectivity index (χ1n) is 23.1. The number of carbonyl (C=O) groups is 5. The number of nitrogens with zero attached hydrogens (tertiary/aromatic N) is 4. The molecule has 362 valence electrons. The van der Waals surface area contributed by atoms with Crippen LogP contribution in [-0.4, -0.2) is 109 Å². The molecule has 18 heteroatoms. The van der Waals surface area contributed by atoms with Crippen molar-refractivity contribution in [3.05, 3.63) is 94.3 Å². The van der Waals surface area contributed by atoms with Crippen molar-refractivity contribution in [1.29, 1.82) is 5.26 Å². The van der Waals surface area contributed by atoms with Gasteiger partial charge >= 0.3 is 0 Å². The fourth-order valence-electron chi connectivity index (χ4n) is 8.23. The van der Waals surface area contributed by atoms with Crippen molar-refractivity contribution in [3.63, 3.8) is 0 Å². The highest BCUT2D eigenvalue weighted by Gasteiger charge is 2.36. The Kier molecular flexibility index (Phi) is 18.9. The average molecular weight is 932 g/mol. The molecule has 4 bridgehead atoms. The van der Waals surface area contributed by atoms with Crippen molar-refractivity contribution in [2.75, 3.05) is 46.4 Å². The highest BCUT2D eigenvalue weighted by Crippen LogP contribution is 2.40. The zero-order valence-electron chi connectivity index (χ0n) is 39.8. The van der Waals surface area contributed by atoms with Gasteiger partial charge in [0, 0.05) is 43.2 Å². The number of fused-ring (bicyclic) bond motifs is 5. The Hall–Kier alpha value is -6.94. The lowest BCUT2D eigenvalue weighted by atomic mass is 9.93. The molecule has 1 aromatic heterocycles. The lowest BCUT2D eigenvalue weighted by Crippen LogP contribution is -2.56. The quantitative estimate of drug-likeness (QED) is 0.0667. The standard InChI is InChI=1S/C50H65N11O7/c1-7-32(8-2)25-33-9-12-35(13-10-33)45-56-29(3)43(30(4)57-45)48(64)59-39(17-18-51)50(66)61(6)44-36-14-16-42(68-24-21-54)38(28-36)37-26-34(11-15-41(37)67-23-20-53)27-40(47(63)55-22-19-52)60-46(62)31(5)58-49(44)65/h9-16,26,28,31-32,39-40,44H,7-8,17-18,20-25,27,51,53-54H2,1-6H3,(H,55,63)(H,58,65)(H,59,64)(H,60,62)/t31-,39?,40-,44-/m0/s1. The molecule has 1 aliphatic heterocycles. The van der Waals surface area contributed by atoms with Crippen LogP contribution in [0.2, 0.25) is 0 Å². The van der Waals surface area contributed by atoms with Crippen molar-refractivity contribution >= 4 is 29.5 Å². The Morgan fingerprint density at radius 1 is 0.868 bits per heavy atom. The number of aromatic nitrogens is 2. The molecule has 1 unspecified atom stereocenters. The van der Waals surface area contributed by atoms with Crippen LogP contribution in [0.4, 0.5) is 0 Å². The highest BCUT2D eigenvalue weighted by molar-refractivity contribution is 6.00. The number of nitriles is 1. The minimum atomic E-state index is -1.40. The van der Waals surface area contributed by atoms with Crippen LogP contribution < -0.4 is 47.9 Å². The highest BCUT2D eigenvalue weighted by atomic mass is 16.5. The number of carbonyl (C=O) groups excluding carboxylic acids is 5. The Morgan fingerprint density at radius 2 is 1.49 bits per heavy atom. The summed E-state index contributed by atoms with van der Waals surface area (Å²) in [6.45, 7) is 9.62. The maximum atomic E-state index is 14.8. The van der Waals surface area contributed by atoms with Crippen LogP contribution in [0.1, 0.15) is 84.5 Å². The van der Waals surface area contributed by atoms with Crippen LogP contribution >= 0.6 is 0 Å². The van der Waals surface area contributed by atoms with E-state index in [0.717, 1.165) is 24.8 Å². The van der Waals surface area contributed by atoms with Crippen molar-refractivity contribution in [2.24, 2.45) is 23.1 Å². The molecule has 1 aliphatic rings. The molecule has 0 fully saturated rings. The third-order valence-electron chi connectivity index (χ3n) is 12.0. The number of ether oxygens (including phenoxy) is 2. The van der Waals surface area contributed by atoms with E-state index in [1.165, 1.54) is 24.4 Å². The molecule has 0 saturated carbocycles. The van der Waals surface area contributed by atoms with Gasteiger partial charge in [-0.25, -0.2) is 9.97 Å². The smallest absolute Gasteiger partial charge is 0.255 e. The number of hydrogen-bond acceptors (Lipinski definition) is 13. The zero-order valence-corrected chi connectivity index (χ0v) is 39.8. The molecule has 5 amide bonds. The van der Waals surface area contributed by atoms with E-state index in [0.29, 0.717) is 56.9 Å². The van der Waals surface area contributed by atoms with Gasteiger partial charge in [-0.2, -0.15) is 5.26 Å². The Balaban J connectivity index is 1.54. The van der Waals surface area contributed by atoms with Gasteiger partial charge in [-0.15, -0.1) is 0 Å². The van der Waals surface area contributed by atoms with E-state index >= 15 is 0 Å². The van der Waals surface area contributed by atoms with Crippen LogP contribution in [0.25, 0.3) is 22.5 Å². The van der Waals surface area contributed by atoms with Crippen molar-refractivity contribution in [1.82, 2.24) is 36.1 Å². The molecule has 10 N–H and O–H groups in total. The maximum Gasteiger partial charge on any atom is 0.255 e. The number of aryl methyl sites for hydroxylation is 2. The summed E-state index contributed by atoms with van der Waals surface area (Å²) in [5, 5.41) is 20.0. The number of nitrogens with one attached hydrogen (secondary N) is 4. The van der Waals surface area contributed by atoms with E-state index in [4.69, 9.17) is 36.6 Å².